The second-order valence-electron chi connectivity index (χ2n) is 7.71. The number of sulfonamides is 1. The van der Waals surface area contributed by atoms with Crippen LogP contribution in [0.25, 0.3) is 0 Å². The maximum Gasteiger partial charge on any atom is 0.244 e. The largest absolute Gasteiger partial charge is 0.352 e. The van der Waals surface area contributed by atoms with Gasteiger partial charge in [0.25, 0.3) is 0 Å². The van der Waals surface area contributed by atoms with Crippen LogP contribution < -0.4 is 9.62 Å². The van der Waals surface area contributed by atoms with E-state index in [1.54, 1.807) is 43.3 Å². The molecule has 2 aromatic carbocycles. The molecule has 0 spiro atoms. The van der Waals surface area contributed by atoms with Crippen molar-refractivity contribution in [1.82, 2.24) is 10.2 Å². The molecule has 0 unspecified atom stereocenters. The summed E-state index contributed by atoms with van der Waals surface area (Å²) in [5.74, 6) is -1.52. The van der Waals surface area contributed by atoms with E-state index in [0.29, 0.717) is 12.1 Å². The summed E-state index contributed by atoms with van der Waals surface area (Å²) in [4.78, 5) is 27.3. The molecule has 0 aliphatic carbocycles. The summed E-state index contributed by atoms with van der Waals surface area (Å²) >= 11 is 0. The van der Waals surface area contributed by atoms with Crippen LogP contribution in [-0.2, 0) is 26.2 Å². The standard InChI is InChI=1S/C23H30FN3O4S/c1-5-17(2)25-23(29)18(3)26(15-19-11-9-10-14-21(19)24)22(28)16-27(32(4,30)31)20-12-7-6-8-13-20/h6-14,17-18H,5,15-16H2,1-4H3,(H,25,29)/t17-,18-/m1/s1. The number of amides is 2. The van der Waals surface area contributed by atoms with E-state index >= 15 is 0 Å². The first-order valence-corrected chi connectivity index (χ1v) is 12.3. The molecule has 1 N–H and O–H groups in total. The van der Waals surface area contributed by atoms with Crippen molar-refractivity contribution in [1.29, 1.82) is 0 Å². The monoisotopic (exact) mass is 463 g/mol. The molecule has 0 aliphatic heterocycles. The Balaban J connectivity index is 2.37. The summed E-state index contributed by atoms with van der Waals surface area (Å²) in [6.07, 6.45) is 1.71. The van der Waals surface area contributed by atoms with Gasteiger partial charge in [-0.15, -0.1) is 0 Å². The third kappa shape index (κ3) is 6.78. The first-order chi connectivity index (χ1) is 15.0. The lowest BCUT2D eigenvalue weighted by molar-refractivity contribution is -0.139. The van der Waals surface area contributed by atoms with E-state index in [1.165, 1.54) is 23.1 Å². The zero-order chi connectivity index (χ0) is 23.9. The van der Waals surface area contributed by atoms with Gasteiger partial charge < -0.3 is 10.2 Å². The lowest BCUT2D eigenvalue weighted by atomic mass is 10.1. The van der Waals surface area contributed by atoms with Crippen molar-refractivity contribution >= 4 is 27.5 Å². The molecule has 0 aromatic heterocycles. The molecule has 2 rings (SSSR count). The van der Waals surface area contributed by atoms with E-state index in [9.17, 15) is 22.4 Å². The third-order valence-corrected chi connectivity index (χ3v) is 6.33. The van der Waals surface area contributed by atoms with Gasteiger partial charge in [-0.05, 0) is 38.5 Å². The summed E-state index contributed by atoms with van der Waals surface area (Å²) in [5.41, 5.74) is 0.556. The topological polar surface area (TPSA) is 86.8 Å². The number of hydrogen-bond acceptors (Lipinski definition) is 4. The highest BCUT2D eigenvalue weighted by Gasteiger charge is 2.30. The van der Waals surface area contributed by atoms with Crippen LogP contribution >= 0.6 is 0 Å². The second kappa shape index (κ2) is 11.1. The molecule has 2 aromatic rings. The SMILES string of the molecule is CC[C@@H](C)NC(=O)[C@@H](C)N(Cc1ccccc1F)C(=O)CN(c1ccccc1)S(C)(=O)=O. The number of benzene rings is 2. The number of carbonyl (C=O) groups is 2. The average molecular weight is 464 g/mol. The highest BCUT2D eigenvalue weighted by Crippen LogP contribution is 2.19. The lowest BCUT2D eigenvalue weighted by Crippen LogP contribution is -2.52. The van der Waals surface area contributed by atoms with E-state index in [0.717, 1.165) is 10.6 Å². The van der Waals surface area contributed by atoms with E-state index in [2.05, 4.69) is 5.32 Å². The fourth-order valence-corrected chi connectivity index (χ4v) is 3.92. The number of hydrogen-bond donors (Lipinski definition) is 1. The Hall–Kier alpha value is -2.94. The van der Waals surface area contributed by atoms with Crippen LogP contribution in [0.15, 0.2) is 54.6 Å². The molecule has 0 heterocycles. The number of nitrogens with zero attached hydrogens (tertiary/aromatic N) is 2. The van der Waals surface area contributed by atoms with Gasteiger partial charge in [-0.25, -0.2) is 12.8 Å². The summed E-state index contributed by atoms with van der Waals surface area (Å²) in [6.45, 7) is 4.62. The zero-order valence-corrected chi connectivity index (χ0v) is 19.6. The molecule has 0 bridgehead atoms. The Morgan fingerprint density at radius 3 is 2.19 bits per heavy atom. The molecule has 2 amide bonds. The molecule has 0 saturated heterocycles. The highest BCUT2D eigenvalue weighted by molar-refractivity contribution is 7.92. The Morgan fingerprint density at radius 2 is 1.62 bits per heavy atom. The lowest BCUT2D eigenvalue weighted by Gasteiger charge is -2.32. The van der Waals surface area contributed by atoms with Gasteiger partial charge in [0.15, 0.2) is 0 Å². The molecule has 32 heavy (non-hydrogen) atoms. The molecule has 0 fully saturated rings. The Labute approximate surface area is 189 Å². The van der Waals surface area contributed by atoms with Gasteiger partial charge in [-0.3, -0.25) is 13.9 Å². The van der Waals surface area contributed by atoms with Gasteiger partial charge in [0.1, 0.15) is 18.4 Å². The number of anilines is 1. The number of carbonyl (C=O) groups excluding carboxylic acids is 2. The van der Waals surface area contributed by atoms with Gasteiger partial charge >= 0.3 is 0 Å². The zero-order valence-electron chi connectivity index (χ0n) is 18.8. The van der Waals surface area contributed by atoms with Crippen molar-refractivity contribution in [3.8, 4) is 0 Å². The van der Waals surface area contributed by atoms with Crippen LogP contribution in [0, 0.1) is 5.82 Å². The van der Waals surface area contributed by atoms with E-state index in [-0.39, 0.29) is 18.2 Å². The number of para-hydroxylation sites is 1. The molecular weight excluding hydrogens is 433 g/mol. The number of halogens is 1. The molecule has 174 valence electrons. The fraction of sp³-hybridized carbons (Fsp3) is 0.391. The molecule has 0 saturated carbocycles. The third-order valence-electron chi connectivity index (χ3n) is 5.19. The van der Waals surface area contributed by atoms with Crippen LogP contribution in [0.5, 0.6) is 0 Å². The van der Waals surface area contributed by atoms with Gasteiger partial charge in [0.05, 0.1) is 11.9 Å². The van der Waals surface area contributed by atoms with Crippen molar-refractivity contribution in [2.75, 3.05) is 17.1 Å². The Morgan fingerprint density at radius 1 is 1.03 bits per heavy atom. The van der Waals surface area contributed by atoms with Crippen molar-refractivity contribution in [2.24, 2.45) is 0 Å². The van der Waals surface area contributed by atoms with Gasteiger partial charge in [0.2, 0.25) is 21.8 Å². The summed E-state index contributed by atoms with van der Waals surface area (Å²) in [6, 6.07) is 13.1. The van der Waals surface area contributed by atoms with Crippen molar-refractivity contribution < 1.29 is 22.4 Å². The average Bonchev–Trinajstić information content (AvgIpc) is 2.75. The summed E-state index contributed by atoms with van der Waals surface area (Å²) in [7, 11) is -3.79. The first-order valence-electron chi connectivity index (χ1n) is 10.4. The van der Waals surface area contributed by atoms with E-state index in [1.807, 2.05) is 13.8 Å². The van der Waals surface area contributed by atoms with E-state index < -0.39 is 40.2 Å². The minimum absolute atomic E-state index is 0.104. The normalized spacial score (nSPS) is 13.2. The predicted octanol–water partition coefficient (Wildman–Crippen LogP) is 2.92. The van der Waals surface area contributed by atoms with Crippen LogP contribution in [0.2, 0.25) is 0 Å². The van der Waals surface area contributed by atoms with Crippen LogP contribution in [0.4, 0.5) is 10.1 Å². The quantitative estimate of drug-likeness (QED) is 0.587. The summed E-state index contributed by atoms with van der Waals surface area (Å²) in [5, 5.41) is 2.82. The Bertz CT molecular complexity index is 1030. The van der Waals surface area contributed by atoms with Crippen LogP contribution in [0.3, 0.4) is 0 Å². The highest BCUT2D eigenvalue weighted by atomic mass is 32.2. The minimum atomic E-state index is -3.79. The molecule has 7 nitrogen and oxygen atoms in total. The summed E-state index contributed by atoms with van der Waals surface area (Å²) < 4.78 is 40.1. The van der Waals surface area contributed by atoms with Gasteiger partial charge in [0, 0.05) is 18.2 Å². The van der Waals surface area contributed by atoms with Crippen LogP contribution in [-0.4, -0.2) is 50.0 Å². The van der Waals surface area contributed by atoms with E-state index in [4.69, 9.17) is 0 Å². The second-order valence-corrected chi connectivity index (χ2v) is 9.62. The van der Waals surface area contributed by atoms with Gasteiger partial charge in [-0.2, -0.15) is 0 Å². The van der Waals surface area contributed by atoms with Gasteiger partial charge in [-0.1, -0.05) is 43.3 Å². The smallest absolute Gasteiger partial charge is 0.244 e. The molecule has 9 heteroatoms. The van der Waals surface area contributed by atoms with Crippen molar-refractivity contribution in [3.63, 3.8) is 0 Å². The van der Waals surface area contributed by atoms with Crippen molar-refractivity contribution in [2.45, 2.75) is 45.8 Å². The Kier molecular flexibility index (Phi) is 8.77. The molecular formula is C23H30FN3O4S. The van der Waals surface area contributed by atoms with Crippen molar-refractivity contribution in [3.05, 3.63) is 66.0 Å². The number of nitrogens with one attached hydrogen (secondary N) is 1. The molecule has 0 aliphatic rings. The fourth-order valence-electron chi connectivity index (χ4n) is 3.07. The minimum Gasteiger partial charge on any atom is -0.352 e. The first kappa shape index (κ1) is 25.3. The molecule has 2 atom stereocenters. The predicted molar refractivity (Wildman–Crippen MR) is 123 cm³/mol. The molecule has 0 radical (unpaired) electrons. The van der Waals surface area contributed by atoms with Crippen LogP contribution in [0.1, 0.15) is 32.8 Å². The maximum atomic E-state index is 14.3. The maximum absolute atomic E-state index is 14.3. The number of rotatable bonds is 10.